The zero-order chi connectivity index (χ0) is 23.8. The van der Waals surface area contributed by atoms with Crippen molar-refractivity contribution in [2.75, 3.05) is 12.3 Å². The Morgan fingerprint density at radius 1 is 1.39 bits per heavy atom. The molecule has 0 aliphatic carbocycles. The Morgan fingerprint density at radius 3 is 2.61 bits per heavy atom. The Balaban J connectivity index is 2.22. The predicted octanol–water partition coefficient (Wildman–Crippen LogP) is 0.557. The quantitative estimate of drug-likeness (QED) is 0.617. The number of esters is 2. The van der Waals surface area contributed by atoms with Crippen LogP contribution in [0.15, 0.2) is 18.4 Å². The van der Waals surface area contributed by atoms with Gasteiger partial charge in [-0.25, -0.2) is 9.50 Å². The average Bonchev–Trinajstić information content (AvgIpc) is 3.24. The number of nitrogens with zero attached hydrogens (tertiary/aromatic N) is 4. The van der Waals surface area contributed by atoms with Gasteiger partial charge in [-0.15, -0.1) is 0 Å². The van der Waals surface area contributed by atoms with E-state index in [4.69, 9.17) is 21.3 Å². The molecule has 3 N–H and O–H groups in total. The molecule has 0 aromatic carbocycles. The first-order chi connectivity index (χ1) is 15.1. The number of carbonyl (C=O) groups is 2. The first kappa shape index (κ1) is 21.0. The van der Waals surface area contributed by atoms with Gasteiger partial charge in [-0.05, 0) is 12.1 Å². The van der Waals surface area contributed by atoms with Crippen LogP contribution in [0.3, 0.4) is 0 Å². The van der Waals surface area contributed by atoms with Crippen LogP contribution in [-0.4, -0.2) is 56.6 Å². The highest BCUT2D eigenvalue weighted by molar-refractivity contribution is 5.73. The highest BCUT2D eigenvalue weighted by Gasteiger charge is 2.62. The first-order valence-corrected chi connectivity index (χ1v) is 9.77. The molecule has 0 spiro atoms. The number of nitrogens with two attached hydrogens (primary N) is 1. The van der Waals surface area contributed by atoms with E-state index in [2.05, 4.69) is 10.1 Å². The van der Waals surface area contributed by atoms with Crippen LogP contribution in [0.1, 0.15) is 34.8 Å². The SMILES string of the molecule is [2H]c1cc([C@]2(C#N)O[C@H](CO)[C@@H](OC(=O)C(C)C)[C@H]2OC(=O)C(C)C)n2ncnc(N)c12. The summed E-state index contributed by atoms with van der Waals surface area (Å²) in [5.74, 6) is -2.36. The van der Waals surface area contributed by atoms with Crippen LogP contribution in [0, 0.1) is 23.2 Å². The molecule has 2 aromatic heterocycles. The summed E-state index contributed by atoms with van der Waals surface area (Å²) >= 11 is 0. The van der Waals surface area contributed by atoms with Crippen molar-refractivity contribution in [3.8, 4) is 6.07 Å². The standard InChI is InChI=1S/C20H25N5O6/c1-10(2)18(27)29-15-13(7-26)31-20(8-21,16(15)30-19(28)11(3)4)14-6-5-12-17(22)23-9-24-25(12)14/h5-6,9-11,13,15-16,26H,7H2,1-4H3,(H2,22,23,24)/t13-,15-,16-,20+/m1/s1/i5D. The number of aromatic nitrogens is 3. The summed E-state index contributed by atoms with van der Waals surface area (Å²) in [5.41, 5.74) is 3.97. The Labute approximate surface area is 180 Å². The van der Waals surface area contributed by atoms with Gasteiger partial charge in [0.2, 0.25) is 5.60 Å². The van der Waals surface area contributed by atoms with Gasteiger partial charge in [0, 0.05) is 0 Å². The van der Waals surface area contributed by atoms with Gasteiger partial charge in [0.05, 0.1) is 25.5 Å². The lowest BCUT2D eigenvalue weighted by molar-refractivity contribution is -0.173. The maximum absolute atomic E-state index is 12.5. The summed E-state index contributed by atoms with van der Waals surface area (Å²) < 4.78 is 26.5. The van der Waals surface area contributed by atoms with Gasteiger partial charge in [0.25, 0.3) is 0 Å². The van der Waals surface area contributed by atoms with E-state index < -0.39 is 54.3 Å². The van der Waals surface area contributed by atoms with Gasteiger partial charge < -0.3 is 25.1 Å². The van der Waals surface area contributed by atoms with Gasteiger partial charge in [0.15, 0.2) is 18.0 Å². The third kappa shape index (κ3) is 3.80. The average molecular weight is 432 g/mol. The lowest BCUT2D eigenvalue weighted by atomic mass is 9.92. The molecule has 1 saturated heterocycles. The molecule has 11 nitrogen and oxygen atoms in total. The van der Waals surface area contributed by atoms with Gasteiger partial charge >= 0.3 is 11.9 Å². The Hall–Kier alpha value is -3.23. The number of aliphatic hydroxyl groups is 1. The van der Waals surface area contributed by atoms with E-state index in [9.17, 15) is 20.0 Å². The van der Waals surface area contributed by atoms with Crippen molar-refractivity contribution in [3.63, 3.8) is 0 Å². The fourth-order valence-electron chi connectivity index (χ4n) is 3.26. The maximum Gasteiger partial charge on any atom is 0.308 e. The largest absolute Gasteiger partial charge is 0.455 e. The normalized spacial score (nSPS) is 26.1. The minimum absolute atomic E-state index is 0.000411. The molecule has 0 bridgehead atoms. The van der Waals surface area contributed by atoms with Crippen molar-refractivity contribution < 1.29 is 30.3 Å². The Bertz CT molecular complexity index is 1080. The summed E-state index contributed by atoms with van der Waals surface area (Å²) in [6, 6.07) is 3.21. The molecule has 11 heteroatoms. The molecule has 1 aliphatic rings. The molecule has 0 radical (unpaired) electrons. The van der Waals surface area contributed by atoms with E-state index in [-0.39, 0.29) is 23.1 Å². The van der Waals surface area contributed by atoms with E-state index in [0.717, 1.165) is 6.33 Å². The maximum atomic E-state index is 12.5. The van der Waals surface area contributed by atoms with E-state index >= 15 is 0 Å². The third-order valence-corrected chi connectivity index (χ3v) is 4.96. The number of aliphatic hydroxyl groups excluding tert-OH is 1. The van der Waals surface area contributed by atoms with Gasteiger partial charge in [0.1, 0.15) is 24.0 Å². The van der Waals surface area contributed by atoms with E-state index in [1.807, 2.05) is 6.07 Å². The molecule has 3 rings (SSSR count). The molecule has 1 aliphatic heterocycles. The van der Waals surface area contributed by atoms with Crippen molar-refractivity contribution in [3.05, 3.63) is 24.1 Å². The molecule has 31 heavy (non-hydrogen) atoms. The van der Waals surface area contributed by atoms with Crippen molar-refractivity contribution in [2.24, 2.45) is 11.8 Å². The topological polar surface area (TPSA) is 162 Å². The van der Waals surface area contributed by atoms with E-state index in [1.165, 1.54) is 10.6 Å². The second kappa shape index (κ2) is 8.49. The Morgan fingerprint density at radius 2 is 2.03 bits per heavy atom. The van der Waals surface area contributed by atoms with Crippen LogP contribution >= 0.6 is 0 Å². The Kier molecular flexibility index (Phi) is 5.75. The number of anilines is 1. The summed E-state index contributed by atoms with van der Waals surface area (Å²) in [6.45, 7) is 5.82. The number of hydrogen-bond donors (Lipinski definition) is 2. The van der Waals surface area contributed by atoms with Gasteiger partial charge in [-0.1, -0.05) is 27.7 Å². The number of rotatable bonds is 6. The number of ether oxygens (including phenoxy) is 3. The second-order valence-electron chi connectivity index (χ2n) is 7.83. The monoisotopic (exact) mass is 432 g/mol. The van der Waals surface area contributed by atoms with Crippen molar-refractivity contribution in [2.45, 2.75) is 51.6 Å². The van der Waals surface area contributed by atoms with Gasteiger partial charge in [-0.2, -0.15) is 10.4 Å². The molecular formula is C20H25N5O6. The van der Waals surface area contributed by atoms with Gasteiger partial charge in [-0.3, -0.25) is 9.59 Å². The zero-order valence-electron chi connectivity index (χ0n) is 18.6. The minimum atomic E-state index is -2.05. The number of nitrogen functional groups attached to an aromatic ring is 1. The number of carbonyl (C=O) groups excluding carboxylic acids is 2. The third-order valence-electron chi connectivity index (χ3n) is 4.96. The molecule has 0 saturated carbocycles. The fourth-order valence-corrected chi connectivity index (χ4v) is 3.26. The van der Waals surface area contributed by atoms with Crippen molar-refractivity contribution in [1.82, 2.24) is 14.6 Å². The molecule has 166 valence electrons. The summed E-state index contributed by atoms with van der Waals surface area (Å²) in [4.78, 5) is 28.8. The lowest BCUT2D eigenvalue weighted by Gasteiger charge is -2.29. The zero-order valence-corrected chi connectivity index (χ0v) is 17.6. The molecule has 1 fully saturated rings. The second-order valence-corrected chi connectivity index (χ2v) is 7.83. The first-order valence-electron chi connectivity index (χ1n) is 10.3. The predicted molar refractivity (Wildman–Crippen MR) is 106 cm³/mol. The van der Waals surface area contributed by atoms with Crippen LogP contribution in [0.4, 0.5) is 5.82 Å². The fraction of sp³-hybridized carbons (Fsp3) is 0.550. The molecular weight excluding hydrogens is 406 g/mol. The van der Waals surface area contributed by atoms with Crippen molar-refractivity contribution in [1.29, 1.82) is 5.26 Å². The molecule has 4 atom stereocenters. The number of fused-ring (bicyclic) bond motifs is 1. The highest BCUT2D eigenvalue weighted by atomic mass is 16.6. The summed E-state index contributed by atoms with van der Waals surface area (Å²) in [6.07, 6.45) is -2.77. The molecule has 2 aromatic rings. The van der Waals surface area contributed by atoms with Crippen LogP contribution in [0.25, 0.3) is 5.52 Å². The smallest absolute Gasteiger partial charge is 0.308 e. The van der Waals surface area contributed by atoms with Crippen LogP contribution in [-0.2, 0) is 29.4 Å². The lowest BCUT2D eigenvalue weighted by Crippen LogP contribution is -2.47. The number of nitriles is 1. The van der Waals surface area contributed by atoms with Crippen LogP contribution in [0.2, 0.25) is 0 Å². The van der Waals surface area contributed by atoms with Crippen LogP contribution < -0.4 is 5.73 Å². The minimum Gasteiger partial charge on any atom is -0.455 e. The highest BCUT2D eigenvalue weighted by Crippen LogP contribution is 2.43. The van der Waals surface area contributed by atoms with Crippen molar-refractivity contribution >= 4 is 23.3 Å². The van der Waals surface area contributed by atoms with Crippen LogP contribution in [0.5, 0.6) is 0 Å². The van der Waals surface area contributed by atoms with E-state index in [0.29, 0.717) is 0 Å². The summed E-state index contributed by atoms with van der Waals surface area (Å²) in [7, 11) is 0. The van der Waals surface area contributed by atoms with E-state index in [1.54, 1.807) is 27.7 Å². The summed E-state index contributed by atoms with van der Waals surface area (Å²) in [5, 5.41) is 24.3. The number of hydrogen-bond acceptors (Lipinski definition) is 10. The molecule has 3 heterocycles. The molecule has 0 unspecified atom stereocenters. The molecule has 0 amide bonds.